The minimum absolute atomic E-state index is 0.160. The van der Waals surface area contributed by atoms with Gasteiger partial charge in [-0.2, -0.15) is 0 Å². The summed E-state index contributed by atoms with van der Waals surface area (Å²) in [5, 5.41) is 0. The second kappa shape index (κ2) is 7.92. The van der Waals surface area contributed by atoms with Gasteiger partial charge in [-0.1, -0.05) is 24.3 Å². The Balaban J connectivity index is 1.47. The molecule has 1 spiro atoms. The number of benzene rings is 1. The van der Waals surface area contributed by atoms with Gasteiger partial charge in [0.15, 0.2) is 0 Å². The highest BCUT2D eigenvalue weighted by molar-refractivity contribution is 5.76. The predicted octanol–water partition coefficient (Wildman–Crippen LogP) is 3.46. The molecule has 1 atom stereocenters. The van der Waals surface area contributed by atoms with Crippen LogP contribution in [0.1, 0.15) is 42.9 Å². The average Bonchev–Trinajstić information content (AvgIpc) is 2.70. The molecule has 5 heteroatoms. The number of hydrogen-bond donors (Lipinski definition) is 0. The van der Waals surface area contributed by atoms with Crippen molar-refractivity contribution in [2.75, 3.05) is 27.2 Å². The molecule has 1 amide bonds. The van der Waals surface area contributed by atoms with Gasteiger partial charge >= 0.3 is 0 Å². The molecule has 1 fully saturated rings. The Kier molecular flexibility index (Phi) is 5.36. The van der Waals surface area contributed by atoms with E-state index >= 15 is 0 Å². The summed E-state index contributed by atoms with van der Waals surface area (Å²) in [4.78, 5) is 21.0. The molecule has 4 rings (SSSR count). The number of rotatable bonds is 4. The maximum atomic E-state index is 12.4. The van der Waals surface area contributed by atoms with Crippen molar-refractivity contribution in [3.8, 4) is 5.75 Å². The summed E-state index contributed by atoms with van der Waals surface area (Å²) in [6.45, 7) is 2.87. The number of aromatic nitrogens is 1. The van der Waals surface area contributed by atoms with E-state index in [1.807, 2.05) is 44.6 Å². The Morgan fingerprint density at radius 1 is 1.18 bits per heavy atom. The topological polar surface area (TPSA) is 45.7 Å². The molecule has 0 N–H and O–H groups in total. The molecule has 2 aliphatic heterocycles. The zero-order valence-electron chi connectivity index (χ0n) is 16.8. The van der Waals surface area contributed by atoms with Crippen LogP contribution in [0.3, 0.4) is 0 Å². The summed E-state index contributed by atoms with van der Waals surface area (Å²) in [6, 6.07) is 14.3. The number of amides is 1. The normalized spacial score (nSPS) is 21.0. The Morgan fingerprint density at radius 2 is 1.93 bits per heavy atom. The Hall–Kier alpha value is -2.40. The van der Waals surface area contributed by atoms with Crippen LogP contribution in [0, 0.1) is 0 Å². The van der Waals surface area contributed by atoms with Crippen LogP contribution in [-0.4, -0.2) is 53.5 Å². The van der Waals surface area contributed by atoms with Crippen molar-refractivity contribution in [1.82, 2.24) is 14.8 Å². The quantitative estimate of drug-likeness (QED) is 0.816. The average molecular weight is 380 g/mol. The standard InChI is InChI=1S/C23H29N3O2/c1-25(2)22(27)15-18-16-23(28-21-9-4-3-8-20(18)21)10-13-26(14-11-23)17-19-7-5-6-12-24-19/h3-9,12,18H,10-11,13-17H2,1-2H3/t18-/m0/s1. The summed E-state index contributed by atoms with van der Waals surface area (Å²) in [5.41, 5.74) is 2.13. The van der Waals surface area contributed by atoms with Crippen LogP contribution >= 0.6 is 0 Å². The summed E-state index contributed by atoms with van der Waals surface area (Å²) < 4.78 is 6.56. The van der Waals surface area contributed by atoms with Crippen molar-refractivity contribution >= 4 is 5.91 Å². The smallest absolute Gasteiger partial charge is 0.222 e. The van der Waals surface area contributed by atoms with E-state index in [9.17, 15) is 4.79 Å². The molecule has 1 saturated heterocycles. The molecule has 2 aliphatic rings. The van der Waals surface area contributed by atoms with Crippen molar-refractivity contribution in [3.63, 3.8) is 0 Å². The van der Waals surface area contributed by atoms with Crippen molar-refractivity contribution in [1.29, 1.82) is 0 Å². The minimum atomic E-state index is -0.160. The van der Waals surface area contributed by atoms with Crippen molar-refractivity contribution in [2.24, 2.45) is 0 Å². The number of ether oxygens (including phenoxy) is 1. The van der Waals surface area contributed by atoms with Gasteiger partial charge in [0.25, 0.3) is 0 Å². The number of carbonyl (C=O) groups excluding carboxylic acids is 1. The fourth-order valence-electron chi connectivity index (χ4n) is 4.47. The summed E-state index contributed by atoms with van der Waals surface area (Å²) in [6.07, 6.45) is 5.30. The highest BCUT2D eigenvalue weighted by Crippen LogP contribution is 2.46. The van der Waals surface area contributed by atoms with Crippen molar-refractivity contribution in [2.45, 2.75) is 43.7 Å². The van der Waals surface area contributed by atoms with Crippen LogP contribution in [-0.2, 0) is 11.3 Å². The van der Waals surface area contributed by atoms with Gasteiger partial charge in [0.1, 0.15) is 11.4 Å². The van der Waals surface area contributed by atoms with Gasteiger partial charge in [-0.25, -0.2) is 0 Å². The Labute approximate surface area is 167 Å². The van der Waals surface area contributed by atoms with Crippen LogP contribution in [0.5, 0.6) is 5.75 Å². The molecule has 0 aliphatic carbocycles. The summed E-state index contributed by atoms with van der Waals surface area (Å²) in [7, 11) is 3.67. The zero-order valence-corrected chi connectivity index (χ0v) is 16.8. The lowest BCUT2D eigenvalue weighted by molar-refractivity contribution is -0.129. The van der Waals surface area contributed by atoms with Crippen LogP contribution in [0.4, 0.5) is 0 Å². The van der Waals surface area contributed by atoms with Gasteiger partial charge in [-0.15, -0.1) is 0 Å². The molecular formula is C23H29N3O2. The molecule has 0 saturated carbocycles. The number of nitrogens with zero attached hydrogens (tertiary/aromatic N) is 3. The maximum Gasteiger partial charge on any atom is 0.222 e. The van der Waals surface area contributed by atoms with E-state index in [1.165, 1.54) is 5.56 Å². The first kappa shape index (κ1) is 18.9. The lowest BCUT2D eigenvalue weighted by atomic mass is 9.76. The lowest BCUT2D eigenvalue weighted by Gasteiger charge is -2.47. The number of carbonyl (C=O) groups is 1. The van der Waals surface area contributed by atoms with Gasteiger partial charge < -0.3 is 9.64 Å². The molecule has 5 nitrogen and oxygen atoms in total. The third kappa shape index (κ3) is 4.04. The number of likely N-dealkylation sites (tertiary alicyclic amines) is 1. The maximum absolute atomic E-state index is 12.4. The fraction of sp³-hybridized carbons (Fsp3) is 0.478. The van der Waals surface area contributed by atoms with E-state index < -0.39 is 0 Å². The second-order valence-corrected chi connectivity index (χ2v) is 8.31. The van der Waals surface area contributed by atoms with Crippen molar-refractivity contribution < 1.29 is 9.53 Å². The molecule has 2 aromatic rings. The SMILES string of the molecule is CN(C)C(=O)C[C@H]1CC2(CCN(Cc3ccccn3)CC2)Oc2ccccc21. The molecule has 0 bridgehead atoms. The monoisotopic (exact) mass is 379 g/mol. The summed E-state index contributed by atoms with van der Waals surface area (Å²) in [5.74, 6) is 1.37. The molecular weight excluding hydrogens is 350 g/mol. The largest absolute Gasteiger partial charge is 0.487 e. The lowest BCUT2D eigenvalue weighted by Crippen LogP contribution is -2.50. The van der Waals surface area contributed by atoms with Gasteiger partial charge in [-0.3, -0.25) is 14.7 Å². The van der Waals surface area contributed by atoms with Crippen LogP contribution < -0.4 is 4.74 Å². The first-order valence-electron chi connectivity index (χ1n) is 10.1. The number of pyridine rings is 1. The van der Waals surface area contributed by atoms with Gasteiger partial charge in [0.2, 0.25) is 5.91 Å². The van der Waals surface area contributed by atoms with Gasteiger partial charge in [0.05, 0.1) is 5.69 Å². The molecule has 3 heterocycles. The zero-order chi connectivity index (χ0) is 19.6. The number of hydrogen-bond acceptors (Lipinski definition) is 4. The van der Waals surface area contributed by atoms with E-state index in [4.69, 9.17) is 4.74 Å². The highest BCUT2D eigenvalue weighted by atomic mass is 16.5. The first-order valence-corrected chi connectivity index (χ1v) is 10.1. The third-order valence-electron chi connectivity index (χ3n) is 6.10. The molecule has 0 unspecified atom stereocenters. The Morgan fingerprint density at radius 3 is 2.64 bits per heavy atom. The van der Waals surface area contributed by atoms with Crippen LogP contribution in [0.25, 0.3) is 0 Å². The van der Waals surface area contributed by atoms with E-state index in [-0.39, 0.29) is 17.4 Å². The third-order valence-corrected chi connectivity index (χ3v) is 6.10. The molecule has 0 radical (unpaired) electrons. The molecule has 148 valence electrons. The van der Waals surface area contributed by atoms with Crippen LogP contribution in [0.2, 0.25) is 0 Å². The van der Waals surface area contributed by atoms with Gasteiger partial charge in [0, 0.05) is 52.3 Å². The fourth-order valence-corrected chi connectivity index (χ4v) is 4.47. The van der Waals surface area contributed by atoms with E-state index in [0.717, 1.165) is 50.3 Å². The molecule has 1 aromatic carbocycles. The van der Waals surface area contributed by atoms with E-state index in [2.05, 4.69) is 28.1 Å². The van der Waals surface area contributed by atoms with Gasteiger partial charge in [-0.05, 0) is 43.0 Å². The first-order chi connectivity index (χ1) is 13.5. The van der Waals surface area contributed by atoms with E-state index in [0.29, 0.717) is 6.42 Å². The van der Waals surface area contributed by atoms with Crippen LogP contribution in [0.15, 0.2) is 48.7 Å². The van der Waals surface area contributed by atoms with Crippen molar-refractivity contribution in [3.05, 3.63) is 59.9 Å². The molecule has 28 heavy (non-hydrogen) atoms. The molecule has 1 aromatic heterocycles. The predicted molar refractivity (Wildman–Crippen MR) is 109 cm³/mol. The number of piperidine rings is 1. The minimum Gasteiger partial charge on any atom is -0.487 e. The van der Waals surface area contributed by atoms with E-state index in [1.54, 1.807) is 4.90 Å². The summed E-state index contributed by atoms with van der Waals surface area (Å²) >= 11 is 0. The second-order valence-electron chi connectivity index (χ2n) is 8.31. The number of fused-ring (bicyclic) bond motifs is 1. The highest BCUT2D eigenvalue weighted by Gasteiger charge is 2.43. The Bertz CT molecular complexity index is 814. The number of para-hydroxylation sites is 1.